The number of aryl methyl sites for hydroxylation is 1. The van der Waals surface area contributed by atoms with Crippen LogP contribution in [0.2, 0.25) is 5.02 Å². The van der Waals surface area contributed by atoms with Crippen LogP contribution in [-0.2, 0) is 10.0 Å². The normalized spacial score (nSPS) is 19.1. The lowest BCUT2D eigenvalue weighted by atomic mass is 9.85. The summed E-state index contributed by atoms with van der Waals surface area (Å²) in [7, 11) is -3.63. The predicted octanol–water partition coefficient (Wildman–Crippen LogP) is 1.62. The summed E-state index contributed by atoms with van der Waals surface area (Å²) in [5, 5.41) is 10.5. The third-order valence-electron chi connectivity index (χ3n) is 3.87. The van der Waals surface area contributed by atoms with Crippen LogP contribution >= 0.6 is 11.6 Å². The number of nitrogens with two attached hydrogens (primary N) is 1. The molecule has 1 aliphatic rings. The quantitative estimate of drug-likeness (QED) is 0.830. The average Bonchev–Trinajstić information content (AvgIpc) is 2.30. The molecule has 1 fully saturated rings. The zero-order valence-electron chi connectivity index (χ0n) is 11.7. The van der Waals surface area contributed by atoms with Gasteiger partial charge in [0.15, 0.2) is 0 Å². The van der Waals surface area contributed by atoms with Crippen molar-refractivity contribution >= 4 is 27.3 Å². The summed E-state index contributed by atoms with van der Waals surface area (Å²) < 4.78 is 26.2. The van der Waals surface area contributed by atoms with Crippen molar-refractivity contribution in [2.24, 2.45) is 5.92 Å². The van der Waals surface area contributed by atoms with E-state index in [1.54, 1.807) is 6.92 Å². The van der Waals surface area contributed by atoms with Gasteiger partial charge < -0.3 is 10.8 Å². The highest BCUT2D eigenvalue weighted by Crippen LogP contribution is 2.35. The Balaban J connectivity index is 2.30. The van der Waals surface area contributed by atoms with Crippen LogP contribution in [-0.4, -0.2) is 36.5 Å². The number of halogens is 1. The number of aliphatic hydroxyl groups is 1. The molecule has 0 atom stereocenters. The first-order chi connectivity index (χ1) is 9.08. The number of nitrogen functional groups attached to an aromatic ring is 1. The molecule has 5 nitrogen and oxygen atoms in total. The first kappa shape index (κ1) is 15.6. The molecule has 1 heterocycles. The Morgan fingerprint density at radius 2 is 1.95 bits per heavy atom. The van der Waals surface area contributed by atoms with Crippen LogP contribution in [0.15, 0.2) is 17.0 Å². The van der Waals surface area contributed by atoms with E-state index >= 15 is 0 Å². The van der Waals surface area contributed by atoms with Gasteiger partial charge in [0.1, 0.15) is 0 Å². The van der Waals surface area contributed by atoms with E-state index in [2.05, 4.69) is 0 Å². The van der Waals surface area contributed by atoms with Crippen molar-refractivity contribution in [1.82, 2.24) is 4.31 Å². The van der Waals surface area contributed by atoms with E-state index in [0.717, 1.165) is 0 Å². The van der Waals surface area contributed by atoms with Gasteiger partial charge in [-0.3, -0.25) is 0 Å². The summed E-state index contributed by atoms with van der Waals surface area (Å²) >= 11 is 5.94. The Morgan fingerprint density at radius 1 is 1.40 bits per heavy atom. The molecule has 1 aromatic rings. The van der Waals surface area contributed by atoms with E-state index in [4.69, 9.17) is 17.3 Å². The van der Waals surface area contributed by atoms with E-state index in [-0.39, 0.29) is 29.6 Å². The molecule has 0 spiro atoms. The summed E-state index contributed by atoms with van der Waals surface area (Å²) in [6.07, 6.45) is 0. The van der Waals surface area contributed by atoms with Gasteiger partial charge in [-0.15, -0.1) is 0 Å². The lowest BCUT2D eigenvalue weighted by Crippen LogP contribution is -2.65. The zero-order valence-corrected chi connectivity index (χ0v) is 13.3. The molecule has 0 unspecified atom stereocenters. The number of hydrogen-bond donors (Lipinski definition) is 2. The minimum atomic E-state index is -3.63. The molecule has 2 rings (SSSR count). The van der Waals surface area contributed by atoms with Crippen molar-refractivity contribution in [2.45, 2.75) is 31.3 Å². The SMILES string of the molecule is Cc1cc(S(=O)(=O)N2CC(O)(C(C)C)C2)cc(N)c1Cl. The topological polar surface area (TPSA) is 83.6 Å². The number of anilines is 1. The molecule has 3 N–H and O–H groups in total. The van der Waals surface area contributed by atoms with Crippen LogP contribution < -0.4 is 5.73 Å². The van der Waals surface area contributed by atoms with Crippen molar-refractivity contribution in [2.75, 3.05) is 18.8 Å². The molecule has 0 saturated carbocycles. The molecule has 0 amide bonds. The molecule has 0 aliphatic carbocycles. The second-order valence-electron chi connectivity index (χ2n) is 5.67. The van der Waals surface area contributed by atoms with Gasteiger partial charge in [0.05, 0.1) is 21.2 Å². The third-order valence-corrected chi connectivity index (χ3v) is 6.15. The monoisotopic (exact) mass is 318 g/mol. The average molecular weight is 319 g/mol. The Bertz CT molecular complexity index is 614. The Morgan fingerprint density at radius 3 is 2.40 bits per heavy atom. The van der Waals surface area contributed by atoms with Crippen LogP contribution in [0.4, 0.5) is 5.69 Å². The minimum Gasteiger partial charge on any atom is -0.397 e. The summed E-state index contributed by atoms with van der Waals surface area (Å²) in [5.41, 5.74) is 5.63. The lowest BCUT2D eigenvalue weighted by molar-refractivity contribution is -0.0932. The van der Waals surface area contributed by atoms with Crippen LogP contribution in [0.1, 0.15) is 19.4 Å². The summed E-state index contributed by atoms with van der Waals surface area (Å²) in [6.45, 7) is 5.66. The fraction of sp³-hybridized carbons (Fsp3) is 0.538. The van der Waals surface area contributed by atoms with E-state index in [1.165, 1.54) is 16.4 Å². The van der Waals surface area contributed by atoms with E-state index in [9.17, 15) is 13.5 Å². The smallest absolute Gasteiger partial charge is 0.243 e. The second kappa shape index (κ2) is 4.87. The van der Waals surface area contributed by atoms with Gasteiger partial charge in [0.25, 0.3) is 0 Å². The second-order valence-corrected chi connectivity index (χ2v) is 7.99. The first-order valence-electron chi connectivity index (χ1n) is 6.36. The van der Waals surface area contributed by atoms with E-state index in [1.807, 2.05) is 13.8 Å². The largest absolute Gasteiger partial charge is 0.397 e. The van der Waals surface area contributed by atoms with Crippen LogP contribution in [0.25, 0.3) is 0 Å². The maximum atomic E-state index is 12.5. The third kappa shape index (κ3) is 2.41. The molecular formula is C13H19ClN2O3S. The van der Waals surface area contributed by atoms with E-state index < -0.39 is 15.6 Å². The molecule has 1 aromatic carbocycles. The van der Waals surface area contributed by atoms with E-state index in [0.29, 0.717) is 10.6 Å². The van der Waals surface area contributed by atoms with Gasteiger partial charge in [0, 0.05) is 13.1 Å². The van der Waals surface area contributed by atoms with Crippen molar-refractivity contribution in [3.05, 3.63) is 22.7 Å². The summed E-state index contributed by atoms with van der Waals surface area (Å²) in [6, 6.07) is 2.86. The fourth-order valence-corrected chi connectivity index (χ4v) is 3.96. The van der Waals surface area contributed by atoms with Crippen molar-refractivity contribution in [3.63, 3.8) is 0 Å². The molecule has 20 heavy (non-hydrogen) atoms. The molecular weight excluding hydrogens is 300 g/mol. The highest BCUT2D eigenvalue weighted by atomic mass is 35.5. The standard InChI is InChI=1S/C13H19ClN2O3S/c1-8(2)13(17)6-16(7-13)20(18,19)10-4-9(3)12(14)11(15)5-10/h4-5,8,17H,6-7,15H2,1-3H3. The number of hydrogen-bond acceptors (Lipinski definition) is 4. The van der Waals surface area contributed by atoms with Crippen LogP contribution in [0.5, 0.6) is 0 Å². The molecule has 0 bridgehead atoms. The number of sulfonamides is 1. The van der Waals surface area contributed by atoms with Crippen LogP contribution in [0.3, 0.4) is 0 Å². The van der Waals surface area contributed by atoms with Gasteiger partial charge in [0.2, 0.25) is 10.0 Å². The van der Waals surface area contributed by atoms with Gasteiger partial charge in [-0.25, -0.2) is 8.42 Å². The maximum absolute atomic E-state index is 12.5. The first-order valence-corrected chi connectivity index (χ1v) is 8.18. The fourth-order valence-electron chi connectivity index (χ4n) is 2.16. The molecule has 0 radical (unpaired) electrons. The molecule has 0 aromatic heterocycles. The zero-order chi connectivity index (χ0) is 15.3. The number of benzene rings is 1. The Labute approximate surface area is 124 Å². The summed E-state index contributed by atoms with van der Waals surface area (Å²) in [4.78, 5) is 0.114. The molecule has 112 valence electrons. The number of β-amino-alcohol motifs (C(OH)–C–C–N with tert-alkyl or cyclic N) is 1. The van der Waals surface area contributed by atoms with Crippen molar-refractivity contribution in [1.29, 1.82) is 0 Å². The lowest BCUT2D eigenvalue weighted by Gasteiger charge is -2.47. The molecule has 1 aliphatic heterocycles. The Kier molecular flexibility index (Phi) is 3.79. The highest BCUT2D eigenvalue weighted by Gasteiger charge is 2.49. The van der Waals surface area contributed by atoms with Gasteiger partial charge >= 0.3 is 0 Å². The van der Waals surface area contributed by atoms with Gasteiger partial charge in [-0.05, 0) is 30.5 Å². The minimum absolute atomic E-state index is 0.00553. The van der Waals surface area contributed by atoms with Gasteiger partial charge in [-0.2, -0.15) is 4.31 Å². The molecule has 7 heteroatoms. The summed E-state index contributed by atoms with van der Waals surface area (Å²) in [5.74, 6) is 0.00553. The predicted molar refractivity (Wildman–Crippen MR) is 79.1 cm³/mol. The van der Waals surface area contributed by atoms with Crippen LogP contribution in [0, 0.1) is 12.8 Å². The van der Waals surface area contributed by atoms with Crippen molar-refractivity contribution in [3.8, 4) is 0 Å². The Hall–Kier alpha value is -0.820. The molecule has 1 saturated heterocycles. The number of rotatable bonds is 3. The highest BCUT2D eigenvalue weighted by molar-refractivity contribution is 7.89. The van der Waals surface area contributed by atoms with Gasteiger partial charge in [-0.1, -0.05) is 25.4 Å². The maximum Gasteiger partial charge on any atom is 0.243 e. The number of nitrogens with zero attached hydrogens (tertiary/aromatic N) is 1. The van der Waals surface area contributed by atoms with Crippen molar-refractivity contribution < 1.29 is 13.5 Å².